The monoisotopic (exact) mass is 211 g/mol. The molecule has 1 aliphatic rings. The van der Waals surface area contributed by atoms with Crippen LogP contribution in [-0.4, -0.2) is 21.6 Å². The van der Waals surface area contributed by atoms with Gasteiger partial charge in [0.05, 0.1) is 11.1 Å². The van der Waals surface area contributed by atoms with Crippen LogP contribution in [0.15, 0.2) is 6.20 Å². The Morgan fingerprint density at radius 2 is 2.50 bits per heavy atom. The zero-order valence-electron chi connectivity index (χ0n) is 8.95. The number of aromatic nitrogens is 2. The van der Waals surface area contributed by atoms with E-state index in [-0.39, 0.29) is 0 Å². The largest absolute Gasteiger partial charge is 0.298 e. The van der Waals surface area contributed by atoms with Crippen molar-refractivity contribution in [1.29, 1.82) is 0 Å². The highest BCUT2D eigenvalue weighted by atomic mass is 32.2. The second-order valence-electron chi connectivity index (χ2n) is 3.83. The number of nitrogens with zero attached hydrogens (tertiary/aromatic N) is 2. The molecule has 1 aromatic heterocycles. The Balaban J connectivity index is 2.13. The summed E-state index contributed by atoms with van der Waals surface area (Å²) in [6, 6.07) is 0.671. The van der Waals surface area contributed by atoms with Crippen molar-refractivity contribution in [2.24, 2.45) is 7.05 Å². The minimum absolute atomic E-state index is 0.452. The molecule has 2 atom stereocenters. The minimum atomic E-state index is 0.452. The number of hydrogen-bond acceptors (Lipinski definition) is 3. The summed E-state index contributed by atoms with van der Waals surface area (Å²) in [6.45, 7) is 4.31. The molecule has 2 unspecified atom stereocenters. The second kappa shape index (κ2) is 3.95. The van der Waals surface area contributed by atoms with Crippen molar-refractivity contribution in [3.8, 4) is 0 Å². The van der Waals surface area contributed by atoms with Gasteiger partial charge in [0.2, 0.25) is 0 Å². The molecule has 1 aliphatic heterocycles. The van der Waals surface area contributed by atoms with Gasteiger partial charge in [-0.2, -0.15) is 5.10 Å². The van der Waals surface area contributed by atoms with Gasteiger partial charge in [0.25, 0.3) is 0 Å². The van der Waals surface area contributed by atoms with E-state index in [1.807, 2.05) is 23.5 Å². The number of nitrogens with one attached hydrogen (secondary N) is 1. The highest BCUT2D eigenvalue weighted by Gasteiger charge is 2.26. The van der Waals surface area contributed by atoms with Gasteiger partial charge in [0.15, 0.2) is 0 Å². The second-order valence-corrected chi connectivity index (χ2v) is 4.97. The van der Waals surface area contributed by atoms with Crippen LogP contribution in [0.5, 0.6) is 0 Å². The van der Waals surface area contributed by atoms with Crippen LogP contribution < -0.4 is 5.32 Å². The number of aryl methyl sites for hydroxylation is 2. The highest BCUT2D eigenvalue weighted by molar-refractivity contribution is 7.99. The van der Waals surface area contributed by atoms with E-state index in [4.69, 9.17) is 0 Å². The van der Waals surface area contributed by atoms with Crippen LogP contribution in [-0.2, 0) is 7.05 Å². The molecule has 3 nitrogen and oxygen atoms in total. The molecule has 1 aromatic rings. The summed E-state index contributed by atoms with van der Waals surface area (Å²) in [6.07, 6.45) is 3.33. The van der Waals surface area contributed by atoms with E-state index >= 15 is 0 Å². The van der Waals surface area contributed by atoms with Crippen LogP contribution in [0, 0.1) is 6.92 Å². The van der Waals surface area contributed by atoms with E-state index in [9.17, 15) is 0 Å². The minimum Gasteiger partial charge on any atom is -0.298 e. The van der Waals surface area contributed by atoms with Gasteiger partial charge in [-0.15, -0.1) is 11.8 Å². The highest BCUT2D eigenvalue weighted by Crippen LogP contribution is 2.34. The predicted octanol–water partition coefficient (Wildman–Crippen LogP) is 1.84. The Hall–Kier alpha value is -0.480. The lowest BCUT2D eigenvalue weighted by atomic mass is 10.2. The maximum absolute atomic E-state index is 4.37. The lowest BCUT2D eigenvalue weighted by Crippen LogP contribution is -2.24. The molecule has 1 saturated heterocycles. The molecule has 0 radical (unpaired) electrons. The van der Waals surface area contributed by atoms with Gasteiger partial charge >= 0.3 is 0 Å². The molecule has 0 spiro atoms. The smallest absolute Gasteiger partial charge is 0.0825 e. The van der Waals surface area contributed by atoms with Crippen molar-refractivity contribution < 1.29 is 0 Å². The fourth-order valence-corrected chi connectivity index (χ4v) is 3.27. The average Bonchev–Trinajstić information content (AvgIpc) is 2.71. The van der Waals surface area contributed by atoms with E-state index in [1.54, 1.807) is 0 Å². The van der Waals surface area contributed by atoms with E-state index in [1.165, 1.54) is 17.7 Å². The van der Waals surface area contributed by atoms with Gasteiger partial charge < -0.3 is 0 Å². The summed E-state index contributed by atoms with van der Waals surface area (Å²) in [5.41, 5.74) is 2.49. The molecule has 14 heavy (non-hydrogen) atoms. The van der Waals surface area contributed by atoms with Crippen LogP contribution in [0.25, 0.3) is 0 Å². The van der Waals surface area contributed by atoms with Gasteiger partial charge in [-0.3, -0.25) is 10.00 Å². The van der Waals surface area contributed by atoms with Crippen LogP contribution >= 0.6 is 11.8 Å². The molecule has 1 N–H and O–H groups in total. The summed E-state index contributed by atoms with van der Waals surface area (Å²) in [4.78, 5) is 0. The van der Waals surface area contributed by atoms with Crippen molar-refractivity contribution in [2.45, 2.75) is 31.7 Å². The first-order valence-corrected chi connectivity index (χ1v) is 6.13. The number of hydrogen-bond donors (Lipinski definition) is 1. The molecule has 0 aromatic carbocycles. The van der Waals surface area contributed by atoms with E-state index < -0.39 is 0 Å². The Kier molecular flexibility index (Phi) is 2.83. The molecule has 2 heterocycles. The molecule has 0 amide bonds. The maximum atomic E-state index is 4.37. The first-order valence-electron chi connectivity index (χ1n) is 5.08. The topological polar surface area (TPSA) is 29.9 Å². The van der Waals surface area contributed by atoms with Crippen molar-refractivity contribution in [3.05, 3.63) is 17.5 Å². The predicted molar refractivity (Wildman–Crippen MR) is 60.4 cm³/mol. The van der Waals surface area contributed by atoms with E-state index in [2.05, 4.69) is 30.5 Å². The molecular formula is C10H17N3S. The van der Waals surface area contributed by atoms with Gasteiger partial charge in [-0.05, 0) is 13.3 Å². The molecule has 2 rings (SSSR count). The summed E-state index contributed by atoms with van der Waals surface area (Å²) >= 11 is 1.99. The van der Waals surface area contributed by atoms with Gasteiger partial charge in [-0.1, -0.05) is 6.92 Å². The standard InChI is InChI=1S/C10H17N3S/c1-4-8-6-14-10(11-8)9-5-13(3)12-7(9)2/h5,8,10-11H,4,6H2,1-3H3. The average molecular weight is 211 g/mol. The van der Waals surface area contributed by atoms with Crippen LogP contribution in [0.3, 0.4) is 0 Å². The zero-order valence-corrected chi connectivity index (χ0v) is 9.77. The quantitative estimate of drug-likeness (QED) is 0.809. The van der Waals surface area contributed by atoms with Crippen LogP contribution in [0.4, 0.5) is 0 Å². The lowest BCUT2D eigenvalue weighted by Gasteiger charge is -2.10. The zero-order chi connectivity index (χ0) is 10.1. The van der Waals surface area contributed by atoms with E-state index in [0.29, 0.717) is 11.4 Å². The molecule has 78 valence electrons. The summed E-state index contributed by atoms with van der Waals surface area (Å²) in [5.74, 6) is 1.22. The molecule has 4 heteroatoms. The molecular weight excluding hydrogens is 194 g/mol. The van der Waals surface area contributed by atoms with E-state index in [0.717, 1.165) is 5.69 Å². The lowest BCUT2D eigenvalue weighted by molar-refractivity contribution is 0.560. The normalized spacial score (nSPS) is 27.1. The SMILES string of the molecule is CCC1CSC(c2cn(C)nc2C)N1. The number of thioether (sulfide) groups is 1. The first-order chi connectivity index (χ1) is 6.70. The van der Waals surface area contributed by atoms with Crippen LogP contribution in [0.1, 0.15) is 30.0 Å². The first kappa shape index (κ1) is 10.1. The fraction of sp³-hybridized carbons (Fsp3) is 0.700. The molecule has 0 aliphatic carbocycles. The Morgan fingerprint density at radius 1 is 1.71 bits per heavy atom. The summed E-state index contributed by atoms with van der Waals surface area (Å²) in [7, 11) is 1.98. The number of rotatable bonds is 2. The van der Waals surface area contributed by atoms with Crippen molar-refractivity contribution in [1.82, 2.24) is 15.1 Å². The van der Waals surface area contributed by atoms with Crippen LogP contribution in [0.2, 0.25) is 0 Å². The Morgan fingerprint density at radius 3 is 3.00 bits per heavy atom. The Labute approximate surface area is 89.3 Å². The van der Waals surface area contributed by atoms with Gasteiger partial charge in [-0.25, -0.2) is 0 Å². The van der Waals surface area contributed by atoms with Crippen molar-refractivity contribution in [3.63, 3.8) is 0 Å². The fourth-order valence-electron chi connectivity index (χ4n) is 1.81. The molecule has 1 fully saturated rings. The van der Waals surface area contributed by atoms with Gasteiger partial charge in [0, 0.05) is 30.6 Å². The maximum Gasteiger partial charge on any atom is 0.0825 e. The summed E-state index contributed by atoms with van der Waals surface area (Å²) < 4.78 is 1.90. The molecule has 0 saturated carbocycles. The van der Waals surface area contributed by atoms with Crippen molar-refractivity contribution in [2.75, 3.05) is 5.75 Å². The van der Waals surface area contributed by atoms with Gasteiger partial charge in [0.1, 0.15) is 0 Å². The summed E-state index contributed by atoms with van der Waals surface area (Å²) in [5, 5.41) is 8.44. The third-order valence-corrected chi connectivity index (χ3v) is 4.00. The molecule has 0 bridgehead atoms. The third-order valence-electron chi connectivity index (χ3n) is 2.68. The Bertz CT molecular complexity index is 321. The van der Waals surface area contributed by atoms with Crippen molar-refractivity contribution >= 4 is 11.8 Å². The third kappa shape index (κ3) is 1.81.